The molecule has 2 aromatic rings. The summed E-state index contributed by atoms with van der Waals surface area (Å²) in [5.74, 6) is 1.46. The molecule has 0 bridgehead atoms. The highest BCUT2D eigenvalue weighted by atomic mass is 14.9. The minimum Gasteiger partial charge on any atom is -0.348 e. The molecule has 2 N–H and O–H groups in total. The van der Waals surface area contributed by atoms with Crippen LogP contribution in [-0.4, -0.2) is 25.6 Å². The number of nitrogens with one attached hydrogen (secondary N) is 2. The summed E-state index contributed by atoms with van der Waals surface area (Å²) in [6, 6.07) is 1.84. The summed E-state index contributed by atoms with van der Waals surface area (Å²) < 4.78 is 0. The van der Waals surface area contributed by atoms with Crippen LogP contribution in [-0.2, 0) is 6.42 Å². The van der Waals surface area contributed by atoms with E-state index in [9.17, 15) is 0 Å². The predicted octanol–water partition coefficient (Wildman–Crippen LogP) is 6.94. The van der Waals surface area contributed by atoms with E-state index in [0.717, 1.165) is 48.5 Å². The normalized spacial score (nSPS) is 13.8. The SMILES string of the molecule is CCC(C)c1ncccn1.CC\C=C/C=C\C(C)=C\C(=N)C(C)c1nc[nH]c1CCC. The van der Waals surface area contributed by atoms with Crippen molar-refractivity contribution in [1.82, 2.24) is 19.9 Å². The summed E-state index contributed by atoms with van der Waals surface area (Å²) in [7, 11) is 0. The number of hydrogen-bond donors (Lipinski definition) is 2. The van der Waals surface area contributed by atoms with Crippen LogP contribution in [0.5, 0.6) is 0 Å². The second kappa shape index (κ2) is 15.1. The number of nitrogens with zero attached hydrogens (tertiary/aromatic N) is 3. The molecule has 0 spiro atoms. The van der Waals surface area contributed by atoms with Gasteiger partial charge in [0.2, 0.25) is 0 Å². The van der Waals surface area contributed by atoms with Gasteiger partial charge in [-0.2, -0.15) is 0 Å². The minimum absolute atomic E-state index is 0.0207. The van der Waals surface area contributed by atoms with Crippen molar-refractivity contribution in [2.24, 2.45) is 0 Å². The fourth-order valence-corrected chi connectivity index (χ4v) is 2.89. The van der Waals surface area contributed by atoms with Crippen LogP contribution in [0, 0.1) is 5.41 Å². The molecular weight excluding hydrogens is 382 g/mol. The van der Waals surface area contributed by atoms with Crippen LogP contribution < -0.4 is 0 Å². The van der Waals surface area contributed by atoms with Crippen LogP contribution in [0.15, 0.2) is 60.7 Å². The van der Waals surface area contributed by atoms with Gasteiger partial charge in [0.05, 0.1) is 12.0 Å². The summed E-state index contributed by atoms with van der Waals surface area (Å²) in [5.41, 5.74) is 3.84. The van der Waals surface area contributed by atoms with Crippen molar-refractivity contribution in [1.29, 1.82) is 5.41 Å². The molecule has 2 rings (SSSR count). The third-order valence-corrected chi connectivity index (χ3v) is 4.99. The fourth-order valence-electron chi connectivity index (χ4n) is 2.89. The Morgan fingerprint density at radius 2 is 1.81 bits per heavy atom. The van der Waals surface area contributed by atoms with E-state index < -0.39 is 0 Å². The molecule has 0 saturated carbocycles. The summed E-state index contributed by atoms with van der Waals surface area (Å²) in [4.78, 5) is 15.9. The quantitative estimate of drug-likeness (QED) is 0.322. The average molecular weight is 422 g/mol. The Hall–Kier alpha value is -2.82. The maximum absolute atomic E-state index is 8.26. The van der Waals surface area contributed by atoms with Crippen molar-refractivity contribution in [3.8, 4) is 0 Å². The van der Waals surface area contributed by atoms with E-state index in [1.165, 1.54) is 0 Å². The number of allylic oxidation sites excluding steroid dienone is 6. The van der Waals surface area contributed by atoms with Crippen LogP contribution in [0.25, 0.3) is 0 Å². The van der Waals surface area contributed by atoms with Crippen LogP contribution >= 0.6 is 0 Å². The standard InChI is InChI=1S/C18H27N3.C8H12N2/c1-5-7-8-9-11-14(3)12-16(19)15(4)18-17(10-6-2)20-13-21-18;1-3-7(2)8-9-5-4-6-10-8/h7-9,11-13,15,19H,5-6,10H2,1-4H3,(H,20,21);4-7H,3H2,1-2H3/b8-7-,11-9-,14-12+,19-16?;. The molecule has 168 valence electrons. The predicted molar refractivity (Wildman–Crippen MR) is 132 cm³/mol. The van der Waals surface area contributed by atoms with Gasteiger partial charge in [-0.1, -0.05) is 65.3 Å². The first kappa shape index (κ1) is 26.2. The Morgan fingerprint density at radius 1 is 1.10 bits per heavy atom. The highest BCUT2D eigenvalue weighted by Crippen LogP contribution is 2.20. The molecule has 0 aliphatic heterocycles. The Balaban J connectivity index is 0.000000399. The van der Waals surface area contributed by atoms with Gasteiger partial charge in [-0.3, -0.25) is 0 Å². The van der Waals surface area contributed by atoms with E-state index in [4.69, 9.17) is 5.41 Å². The van der Waals surface area contributed by atoms with E-state index >= 15 is 0 Å². The molecule has 0 aromatic carbocycles. The molecule has 0 aliphatic rings. The smallest absolute Gasteiger partial charge is 0.130 e. The van der Waals surface area contributed by atoms with Gasteiger partial charge in [-0.15, -0.1) is 0 Å². The molecule has 5 heteroatoms. The van der Waals surface area contributed by atoms with Crippen LogP contribution in [0.1, 0.15) is 89.9 Å². The zero-order chi connectivity index (χ0) is 23.1. The molecule has 0 fully saturated rings. The van der Waals surface area contributed by atoms with Gasteiger partial charge in [0.1, 0.15) is 5.82 Å². The Bertz CT molecular complexity index is 846. The van der Waals surface area contributed by atoms with Gasteiger partial charge >= 0.3 is 0 Å². The zero-order valence-corrected chi connectivity index (χ0v) is 20.0. The lowest BCUT2D eigenvalue weighted by Gasteiger charge is -2.10. The Morgan fingerprint density at radius 3 is 2.42 bits per heavy atom. The van der Waals surface area contributed by atoms with Crippen LogP contribution in [0.2, 0.25) is 0 Å². The van der Waals surface area contributed by atoms with Gasteiger partial charge in [-0.05, 0) is 43.9 Å². The molecule has 31 heavy (non-hydrogen) atoms. The first-order chi connectivity index (χ1) is 14.9. The monoisotopic (exact) mass is 421 g/mol. The van der Waals surface area contributed by atoms with Crippen molar-refractivity contribution in [3.05, 3.63) is 78.0 Å². The average Bonchev–Trinajstić information content (AvgIpc) is 3.25. The van der Waals surface area contributed by atoms with Crippen LogP contribution in [0.3, 0.4) is 0 Å². The molecule has 0 radical (unpaired) electrons. The first-order valence-corrected chi connectivity index (χ1v) is 11.3. The number of hydrogen-bond acceptors (Lipinski definition) is 4. The number of rotatable bonds is 10. The van der Waals surface area contributed by atoms with Crippen molar-refractivity contribution >= 4 is 5.71 Å². The fraction of sp³-hybridized carbons (Fsp3) is 0.462. The lowest BCUT2D eigenvalue weighted by molar-refractivity contribution is 0.678. The maximum atomic E-state index is 8.26. The Kier molecular flexibility index (Phi) is 12.7. The van der Waals surface area contributed by atoms with Gasteiger partial charge in [-0.25, -0.2) is 15.0 Å². The number of aromatic amines is 1. The molecule has 0 amide bonds. The zero-order valence-electron chi connectivity index (χ0n) is 20.0. The first-order valence-electron chi connectivity index (χ1n) is 11.3. The Labute approximate surface area is 188 Å². The second-order valence-corrected chi connectivity index (χ2v) is 7.69. The highest BCUT2D eigenvalue weighted by Gasteiger charge is 2.16. The summed E-state index contributed by atoms with van der Waals surface area (Å²) in [6.07, 6.45) is 19.6. The maximum Gasteiger partial charge on any atom is 0.130 e. The molecule has 2 unspecified atom stereocenters. The van der Waals surface area contributed by atoms with Gasteiger partial charge in [0.15, 0.2) is 0 Å². The number of imidazole rings is 1. The van der Waals surface area contributed by atoms with E-state index in [-0.39, 0.29) is 5.92 Å². The summed E-state index contributed by atoms with van der Waals surface area (Å²) in [6.45, 7) is 12.6. The van der Waals surface area contributed by atoms with Crippen LogP contribution in [0.4, 0.5) is 0 Å². The lowest BCUT2D eigenvalue weighted by atomic mass is 9.97. The number of H-pyrrole nitrogens is 1. The highest BCUT2D eigenvalue weighted by molar-refractivity contribution is 5.98. The molecule has 0 aliphatic carbocycles. The second-order valence-electron chi connectivity index (χ2n) is 7.69. The topological polar surface area (TPSA) is 78.3 Å². The van der Waals surface area contributed by atoms with E-state index in [1.54, 1.807) is 18.7 Å². The summed E-state index contributed by atoms with van der Waals surface area (Å²) >= 11 is 0. The molecule has 0 saturated heterocycles. The largest absolute Gasteiger partial charge is 0.348 e. The molecule has 2 heterocycles. The third kappa shape index (κ3) is 9.69. The minimum atomic E-state index is 0.0207. The number of aryl methyl sites for hydroxylation is 1. The lowest BCUT2D eigenvalue weighted by Crippen LogP contribution is -2.08. The molecular formula is C26H39N5. The molecule has 2 aromatic heterocycles. The molecule has 2 atom stereocenters. The van der Waals surface area contributed by atoms with E-state index in [0.29, 0.717) is 11.6 Å². The van der Waals surface area contributed by atoms with Crippen molar-refractivity contribution in [2.45, 2.75) is 79.1 Å². The van der Waals surface area contributed by atoms with E-state index in [1.807, 2.05) is 44.2 Å². The van der Waals surface area contributed by atoms with Crippen molar-refractivity contribution in [2.75, 3.05) is 0 Å². The summed E-state index contributed by atoms with van der Waals surface area (Å²) in [5, 5.41) is 8.26. The molecule has 5 nitrogen and oxygen atoms in total. The van der Waals surface area contributed by atoms with Crippen molar-refractivity contribution in [3.63, 3.8) is 0 Å². The number of aromatic nitrogens is 4. The van der Waals surface area contributed by atoms with Crippen molar-refractivity contribution < 1.29 is 0 Å². The van der Waals surface area contributed by atoms with E-state index in [2.05, 4.69) is 53.7 Å². The van der Waals surface area contributed by atoms with Gasteiger partial charge in [0, 0.05) is 35.6 Å². The van der Waals surface area contributed by atoms with Gasteiger partial charge < -0.3 is 10.4 Å². The third-order valence-electron chi connectivity index (χ3n) is 4.99. The van der Waals surface area contributed by atoms with Gasteiger partial charge in [0.25, 0.3) is 0 Å².